The van der Waals surface area contributed by atoms with E-state index in [2.05, 4.69) is 4.90 Å². The SMILES string of the molecule is COCC1CCCN(c2cc(N)cc([N+](=O)[O-])c2)C1. The third-order valence-corrected chi connectivity index (χ3v) is 3.42. The molecule has 0 aliphatic carbocycles. The van der Waals surface area contributed by atoms with Gasteiger partial charge in [-0.25, -0.2) is 0 Å². The lowest BCUT2D eigenvalue weighted by atomic mass is 9.98. The second-order valence-corrected chi connectivity index (χ2v) is 4.95. The van der Waals surface area contributed by atoms with Crippen LogP contribution in [-0.2, 0) is 4.74 Å². The average Bonchev–Trinajstić information content (AvgIpc) is 2.38. The molecule has 1 aromatic carbocycles. The fourth-order valence-electron chi connectivity index (χ4n) is 2.58. The molecule has 1 aliphatic rings. The van der Waals surface area contributed by atoms with Gasteiger partial charge >= 0.3 is 0 Å². The van der Waals surface area contributed by atoms with Gasteiger partial charge in [-0.05, 0) is 24.8 Å². The van der Waals surface area contributed by atoms with Crippen LogP contribution in [0.15, 0.2) is 18.2 Å². The van der Waals surface area contributed by atoms with E-state index in [1.165, 1.54) is 6.07 Å². The summed E-state index contributed by atoms with van der Waals surface area (Å²) < 4.78 is 5.19. The molecule has 0 saturated carbocycles. The molecule has 19 heavy (non-hydrogen) atoms. The first kappa shape index (κ1) is 13.6. The van der Waals surface area contributed by atoms with Gasteiger partial charge < -0.3 is 15.4 Å². The second-order valence-electron chi connectivity index (χ2n) is 4.95. The van der Waals surface area contributed by atoms with Gasteiger partial charge in [-0.3, -0.25) is 10.1 Å². The number of piperidine rings is 1. The number of rotatable bonds is 4. The summed E-state index contributed by atoms with van der Waals surface area (Å²) in [4.78, 5) is 12.6. The van der Waals surface area contributed by atoms with E-state index in [0.29, 0.717) is 11.6 Å². The first-order valence-electron chi connectivity index (χ1n) is 6.39. The van der Waals surface area contributed by atoms with Crippen LogP contribution in [0.3, 0.4) is 0 Å². The topological polar surface area (TPSA) is 81.6 Å². The van der Waals surface area contributed by atoms with Crippen molar-refractivity contribution in [1.82, 2.24) is 0 Å². The number of methoxy groups -OCH3 is 1. The minimum absolute atomic E-state index is 0.0452. The largest absolute Gasteiger partial charge is 0.398 e. The molecule has 1 saturated heterocycles. The number of nitro benzene ring substituents is 1. The van der Waals surface area contributed by atoms with Gasteiger partial charge in [0.15, 0.2) is 0 Å². The summed E-state index contributed by atoms with van der Waals surface area (Å²) in [6.45, 7) is 2.48. The molecule has 0 radical (unpaired) electrons. The Morgan fingerprint density at radius 2 is 2.32 bits per heavy atom. The molecule has 1 fully saturated rings. The molecule has 6 heteroatoms. The van der Waals surface area contributed by atoms with Gasteiger partial charge in [0, 0.05) is 43.7 Å². The molecule has 104 valence electrons. The number of anilines is 2. The lowest BCUT2D eigenvalue weighted by Gasteiger charge is -2.34. The molecule has 6 nitrogen and oxygen atoms in total. The maximum Gasteiger partial charge on any atom is 0.273 e. The van der Waals surface area contributed by atoms with E-state index in [9.17, 15) is 10.1 Å². The summed E-state index contributed by atoms with van der Waals surface area (Å²) in [5.74, 6) is 0.472. The number of nitrogen functional groups attached to an aromatic ring is 1. The van der Waals surface area contributed by atoms with Crippen molar-refractivity contribution in [3.8, 4) is 0 Å². The van der Waals surface area contributed by atoms with Crippen LogP contribution in [0.1, 0.15) is 12.8 Å². The molecule has 0 spiro atoms. The van der Waals surface area contributed by atoms with E-state index in [1.807, 2.05) is 0 Å². The maximum absolute atomic E-state index is 10.9. The minimum Gasteiger partial charge on any atom is -0.398 e. The van der Waals surface area contributed by atoms with E-state index >= 15 is 0 Å². The minimum atomic E-state index is -0.406. The molecule has 1 atom stereocenters. The Kier molecular flexibility index (Phi) is 4.21. The quantitative estimate of drug-likeness (QED) is 0.512. The maximum atomic E-state index is 10.9. The van der Waals surface area contributed by atoms with Crippen molar-refractivity contribution in [1.29, 1.82) is 0 Å². The molecule has 2 rings (SSSR count). The average molecular weight is 265 g/mol. The molecular formula is C13H19N3O3. The predicted molar refractivity (Wildman–Crippen MR) is 74.3 cm³/mol. The van der Waals surface area contributed by atoms with E-state index in [-0.39, 0.29) is 5.69 Å². The van der Waals surface area contributed by atoms with Gasteiger partial charge in [-0.1, -0.05) is 0 Å². The van der Waals surface area contributed by atoms with Crippen LogP contribution in [0.25, 0.3) is 0 Å². The molecule has 1 unspecified atom stereocenters. The number of non-ortho nitro benzene ring substituents is 1. The van der Waals surface area contributed by atoms with E-state index in [1.54, 1.807) is 19.2 Å². The first-order valence-corrected chi connectivity index (χ1v) is 6.39. The van der Waals surface area contributed by atoms with Crippen LogP contribution in [0, 0.1) is 16.0 Å². The van der Waals surface area contributed by atoms with Crippen LogP contribution < -0.4 is 10.6 Å². The molecule has 0 aromatic heterocycles. The summed E-state index contributed by atoms with van der Waals surface area (Å²) in [5, 5.41) is 10.9. The fraction of sp³-hybridized carbons (Fsp3) is 0.538. The van der Waals surface area contributed by atoms with Crippen molar-refractivity contribution < 1.29 is 9.66 Å². The van der Waals surface area contributed by atoms with Crippen LogP contribution in [-0.4, -0.2) is 31.7 Å². The van der Waals surface area contributed by atoms with Crippen LogP contribution in [0.5, 0.6) is 0 Å². The summed E-state index contributed by atoms with van der Waals surface area (Å²) in [6.07, 6.45) is 2.20. The predicted octanol–water partition coefficient (Wildman–Crippen LogP) is 2.04. The number of nitrogens with two attached hydrogens (primary N) is 1. The number of nitrogens with zero attached hydrogens (tertiary/aromatic N) is 2. The summed E-state index contributed by atoms with van der Waals surface area (Å²) in [6, 6.07) is 4.77. The molecule has 0 bridgehead atoms. The summed E-state index contributed by atoms with van der Waals surface area (Å²) >= 11 is 0. The Morgan fingerprint density at radius 1 is 1.53 bits per heavy atom. The second kappa shape index (κ2) is 5.88. The highest BCUT2D eigenvalue weighted by molar-refractivity contribution is 5.62. The molecular weight excluding hydrogens is 246 g/mol. The zero-order valence-corrected chi connectivity index (χ0v) is 11.0. The number of hydrogen-bond acceptors (Lipinski definition) is 5. The Labute approximate surface area is 112 Å². The fourth-order valence-corrected chi connectivity index (χ4v) is 2.58. The van der Waals surface area contributed by atoms with Gasteiger partial charge in [0.1, 0.15) is 0 Å². The molecule has 1 heterocycles. The van der Waals surface area contributed by atoms with Gasteiger partial charge in [0.2, 0.25) is 0 Å². The third kappa shape index (κ3) is 3.35. The molecule has 1 aliphatic heterocycles. The number of benzene rings is 1. The Balaban J connectivity index is 2.18. The highest BCUT2D eigenvalue weighted by Crippen LogP contribution is 2.29. The first-order chi connectivity index (χ1) is 9.10. The standard InChI is InChI=1S/C13H19N3O3/c1-19-9-10-3-2-4-15(8-10)12-5-11(14)6-13(7-12)16(17)18/h5-7,10H,2-4,8-9,14H2,1H3. The highest BCUT2D eigenvalue weighted by atomic mass is 16.6. The zero-order valence-electron chi connectivity index (χ0n) is 11.0. The van der Waals surface area contributed by atoms with Gasteiger partial charge in [-0.2, -0.15) is 0 Å². The number of nitro groups is 1. The molecule has 0 amide bonds. The normalized spacial score (nSPS) is 19.4. The van der Waals surface area contributed by atoms with Crippen LogP contribution in [0.4, 0.5) is 17.1 Å². The Hall–Kier alpha value is -1.82. The third-order valence-electron chi connectivity index (χ3n) is 3.42. The highest BCUT2D eigenvalue weighted by Gasteiger charge is 2.21. The van der Waals surface area contributed by atoms with E-state index < -0.39 is 4.92 Å². The lowest BCUT2D eigenvalue weighted by Crippen LogP contribution is -2.37. The van der Waals surface area contributed by atoms with E-state index in [4.69, 9.17) is 10.5 Å². The number of ether oxygens (including phenoxy) is 1. The summed E-state index contributed by atoms with van der Waals surface area (Å²) in [5.41, 5.74) is 7.04. The Morgan fingerprint density at radius 3 is 3.00 bits per heavy atom. The van der Waals surface area contributed by atoms with Crippen LogP contribution >= 0.6 is 0 Å². The van der Waals surface area contributed by atoms with Gasteiger partial charge in [0.05, 0.1) is 11.5 Å². The van der Waals surface area contributed by atoms with Gasteiger partial charge in [-0.15, -0.1) is 0 Å². The van der Waals surface area contributed by atoms with E-state index in [0.717, 1.165) is 38.2 Å². The zero-order chi connectivity index (χ0) is 13.8. The molecule has 1 aromatic rings. The monoisotopic (exact) mass is 265 g/mol. The summed E-state index contributed by atoms with van der Waals surface area (Å²) in [7, 11) is 1.70. The van der Waals surface area contributed by atoms with Crippen molar-refractivity contribution in [2.24, 2.45) is 5.92 Å². The lowest BCUT2D eigenvalue weighted by molar-refractivity contribution is -0.384. The van der Waals surface area contributed by atoms with Crippen molar-refractivity contribution in [2.75, 3.05) is 37.4 Å². The van der Waals surface area contributed by atoms with Crippen molar-refractivity contribution in [3.63, 3.8) is 0 Å². The Bertz CT molecular complexity index is 462. The van der Waals surface area contributed by atoms with Crippen LogP contribution in [0.2, 0.25) is 0 Å². The smallest absolute Gasteiger partial charge is 0.273 e. The number of hydrogen-bond donors (Lipinski definition) is 1. The van der Waals surface area contributed by atoms with Crippen molar-refractivity contribution >= 4 is 17.1 Å². The van der Waals surface area contributed by atoms with Gasteiger partial charge in [0.25, 0.3) is 5.69 Å². The molecule has 2 N–H and O–H groups in total. The van der Waals surface area contributed by atoms with Crippen molar-refractivity contribution in [3.05, 3.63) is 28.3 Å². The van der Waals surface area contributed by atoms with Crippen molar-refractivity contribution in [2.45, 2.75) is 12.8 Å².